The number of rotatable bonds is 16. The molecule has 2 saturated carbocycles. The predicted molar refractivity (Wildman–Crippen MR) is 179 cm³/mol. The van der Waals surface area contributed by atoms with Crippen LogP contribution in [0.3, 0.4) is 0 Å². The van der Waals surface area contributed by atoms with Gasteiger partial charge in [0, 0.05) is 37.3 Å². The van der Waals surface area contributed by atoms with Gasteiger partial charge in [0.2, 0.25) is 23.5 Å². The molecule has 0 unspecified atom stereocenters. The molecule has 2 heterocycles. The number of carbonyl (C=O) groups excluding carboxylic acids is 6. The van der Waals surface area contributed by atoms with Crippen molar-refractivity contribution in [2.24, 2.45) is 29.6 Å². The maximum atomic E-state index is 14.4. The van der Waals surface area contributed by atoms with Gasteiger partial charge in [-0.05, 0) is 69.1 Å². The van der Waals surface area contributed by atoms with Gasteiger partial charge in [-0.1, -0.05) is 53.4 Å². The largest absolute Gasteiger partial charge is 0.347 e. The fourth-order valence-electron chi connectivity index (χ4n) is 7.77. The molecular weight excluding hydrogens is 612 g/mol. The Hall–Kier alpha value is -3.70. The summed E-state index contributed by atoms with van der Waals surface area (Å²) >= 11 is 0. The van der Waals surface area contributed by atoms with E-state index in [-0.39, 0.29) is 59.4 Å². The third-order valence-corrected chi connectivity index (χ3v) is 10.7. The molecule has 0 aromatic carbocycles. The fraction of sp³-hybridized carbons (Fsp3) is 0.722. The molecule has 3 fully saturated rings. The van der Waals surface area contributed by atoms with Gasteiger partial charge in [0.1, 0.15) is 17.8 Å². The molecule has 1 aromatic heterocycles. The molecule has 1 aromatic rings. The van der Waals surface area contributed by atoms with Crippen LogP contribution in [-0.2, 0) is 24.0 Å². The smallest absolute Gasteiger partial charge is 0.289 e. The van der Waals surface area contributed by atoms with E-state index in [0.717, 1.165) is 44.9 Å². The minimum absolute atomic E-state index is 0.0174. The van der Waals surface area contributed by atoms with Crippen molar-refractivity contribution >= 4 is 35.2 Å². The van der Waals surface area contributed by atoms with E-state index in [9.17, 15) is 28.8 Å². The van der Waals surface area contributed by atoms with Gasteiger partial charge >= 0.3 is 0 Å². The molecular formula is C36H54N6O6. The molecule has 1 saturated heterocycles. The highest BCUT2D eigenvalue weighted by molar-refractivity contribution is 6.38. The summed E-state index contributed by atoms with van der Waals surface area (Å²) in [5.41, 5.74) is 0.208. The molecule has 12 heteroatoms. The van der Waals surface area contributed by atoms with Crippen molar-refractivity contribution < 1.29 is 28.8 Å². The number of ketones is 2. The first-order valence-corrected chi connectivity index (χ1v) is 18.0. The molecule has 2 aliphatic carbocycles. The van der Waals surface area contributed by atoms with Crippen molar-refractivity contribution in [3.05, 3.63) is 24.3 Å². The van der Waals surface area contributed by atoms with Crippen molar-refractivity contribution in [3.8, 4) is 0 Å². The number of carbonyl (C=O) groups is 6. The maximum Gasteiger partial charge on any atom is 0.289 e. The molecule has 0 radical (unpaired) electrons. The van der Waals surface area contributed by atoms with Crippen LogP contribution >= 0.6 is 0 Å². The number of hydrogen-bond acceptors (Lipinski definition) is 8. The van der Waals surface area contributed by atoms with E-state index in [2.05, 4.69) is 25.9 Å². The molecule has 48 heavy (non-hydrogen) atoms. The molecule has 3 aliphatic rings. The number of amides is 4. The molecule has 0 spiro atoms. The Morgan fingerprint density at radius 1 is 0.917 bits per heavy atom. The van der Waals surface area contributed by atoms with Crippen LogP contribution in [0.2, 0.25) is 0 Å². The first-order valence-electron chi connectivity index (χ1n) is 18.0. The van der Waals surface area contributed by atoms with E-state index in [1.54, 1.807) is 4.90 Å². The molecule has 1 aliphatic heterocycles. The van der Waals surface area contributed by atoms with Crippen molar-refractivity contribution in [1.29, 1.82) is 0 Å². The SMILES string of the molecule is CCC[C@H](NC(=O)[C@@H]1[C@H]2CCC[C@H]2CN1C(=O)[C@@H](NC(=O)[C@@H](CC(=O)c1cnccn1)C1CCCC1)C(C)C)C(=O)C(=O)N[C@@H](C)CC. The minimum atomic E-state index is -0.997. The second-order valence-corrected chi connectivity index (χ2v) is 14.4. The monoisotopic (exact) mass is 666 g/mol. The molecule has 4 rings (SSSR count). The molecule has 3 N–H and O–H groups in total. The van der Waals surface area contributed by atoms with E-state index >= 15 is 0 Å². The lowest BCUT2D eigenvalue weighted by atomic mass is 9.85. The number of nitrogens with zero attached hydrogens (tertiary/aromatic N) is 3. The number of Topliss-reactive ketones (excluding diaryl/α,β-unsaturated/α-hetero) is 2. The number of hydrogen-bond donors (Lipinski definition) is 3. The van der Waals surface area contributed by atoms with Crippen LogP contribution in [0.5, 0.6) is 0 Å². The van der Waals surface area contributed by atoms with Gasteiger partial charge in [-0.3, -0.25) is 33.8 Å². The number of likely N-dealkylation sites (tertiary alicyclic amines) is 1. The molecule has 7 atom stereocenters. The second kappa shape index (κ2) is 17.1. The average molecular weight is 667 g/mol. The quantitative estimate of drug-likeness (QED) is 0.178. The van der Waals surface area contributed by atoms with Gasteiger partial charge in [0.25, 0.3) is 5.91 Å². The summed E-state index contributed by atoms with van der Waals surface area (Å²) in [6.07, 6.45) is 12.1. The van der Waals surface area contributed by atoms with Crippen LogP contribution in [0.1, 0.15) is 116 Å². The number of fused-ring (bicyclic) bond motifs is 1. The van der Waals surface area contributed by atoms with Gasteiger partial charge in [-0.25, -0.2) is 4.98 Å². The van der Waals surface area contributed by atoms with E-state index in [1.807, 2.05) is 34.6 Å². The standard InChI is InChI=1S/C36H54N6O6/c1-6-11-27(32(44)35(47)39-22(5)7-2)40-34(46)31-25-15-10-14-24(25)20-42(31)36(48)30(21(3)4)41-33(45)26(23-12-8-9-13-23)18-29(43)28-19-37-16-17-38-28/h16-17,19,21-27,30-31H,6-15,18,20H2,1-5H3,(H,39,47)(H,40,46)(H,41,45)/t22-,24-,25-,26-,27-,30-,31-/m0/s1. The van der Waals surface area contributed by atoms with Crippen LogP contribution in [0, 0.1) is 29.6 Å². The first-order chi connectivity index (χ1) is 23.0. The van der Waals surface area contributed by atoms with Crippen LogP contribution in [0.15, 0.2) is 18.6 Å². The Balaban J connectivity index is 1.53. The summed E-state index contributed by atoms with van der Waals surface area (Å²) in [5.74, 6) is -3.61. The van der Waals surface area contributed by atoms with E-state index in [0.29, 0.717) is 25.8 Å². The molecule has 0 bridgehead atoms. The van der Waals surface area contributed by atoms with Gasteiger partial charge in [0.15, 0.2) is 5.78 Å². The molecule has 12 nitrogen and oxygen atoms in total. The lowest BCUT2D eigenvalue weighted by Crippen LogP contribution is -2.59. The Labute approximate surface area is 284 Å². The zero-order valence-electron chi connectivity index (χ0n) is 29.2. The predicted octanol–water partition coefficient (Wildman–Crippen LogP) is 3.39. The lowest BCUT2D eigenvalue weighted by Gasteiger charge is -2.34. The summed E-state index contributed by atoms with van der Waals surface area (Å²) in [6.45, 7) is 9.71. The minimum Gasteiger partial charge on any atom is -0.347 e. The first kappa shape index (κ1) is 37.1. The Morgan fingerprint density at radius 3 is 2.27 bits per heavy atom. The topological polar surface area (TPSA) is 168 Å². The van der Waals surface area contributed by atoms with Gasteiger partial charge in [-0.15, -0.1) is 0 Å². The van der Waals surface area contributed by atoms with Gasteiger partial charge in [0.05, 0.1) is 12.2 Å². The molecule has 4 amide bonds. The second-order valence-electron chi connectivity index (χ2n) is 14.4. The third kappa shape index (κ3) is 8.85. The summed E-state index contributed by atoms with van der Waals surface area (Å²) in [6, 6.07) is -2.89. The van der Waals surface area contributed by atoms with E-state index in [1.165, 1.54) is 18.6 Å². The fourth-order valence-corrected chi connectivity index (χ4v) is 7.77. The zero-order chi connectivity index (χ0) is 35.0. The van der Waals surface area contributed by atoms with Crippen LogP contribution in [-0.4, -0.2) is 80.8 Å². The van der Waals surface area contributed by atoms with Crippen LogP contribution < -0.4 is 16.0 Å². The Bertz CT molecular complexity index is 1320. The Morgan fingerprint density at radius 2 is 1.65 bits per heavy atom. The Kier molecular flexibility index (Phi) is 13.2. The number of aromatic nitrogens is 2. The highest BCUT2D eigenvalue weighted by atomic mass is 16.2. The van der Waals surface area contributed by atoms with Gasteiger partial charge in [-0.2, -0.15) is 0 Å². The van der Waals surface area contributed by atoms with Crippen molar-refractivity contribution in [2.45, 2.75) is 129 Å². The molecule has 264 valence electrons. The lowest BCUT2D eigenvalue weighted by molar-refractivity contribution is -0.145. The summed E-state index contributed by atoms with van der Waals surface area (Å²) in [5, 5.41) is 8.56. The zero-order valence-corrected chi connectivity index (χ0v) is 29.2. The maximum absolute atomic E-state index is 14.4. The average Bonchev–Trinajstić information content (AvgIpc) is 3.84. The van der Waals surface area contributed by atoms with Gasteiger partial charge < -0.3 is 20.9 Å². The van der Waals surface area contributed by atoms with Crippen LogP contribution in [0.25, 0.3) is 0 Å². The summed E-state index contributed by atoms with van der Waals surface area (Å²) in [4.78, 5) is 91.1. The summed E-state index contributed by atoms with van der Waals surface area (Å²) in [7, 11) is 0. The van der Waals surface area contributed by atoms with Crippen molar-refractivity contribution in [1.82, 2.24) is 30.8 Å². The van der Waals surface area contributed by atoms with Crippen molar-refractivity contribution in [3.63, 3.8) is 0 Å². The number of nitrogens with one attached hydrogen (secondary N) is 3. The van der Waals surface area contributed by atoms with E-state index < -0.39 is 41.6 Å². The third-order valence-electron chi connectivity index (χ3n) is 10.7. The highest BCUT2D eigenvalue weighted by Gasteiger charge is 2.51. The normalized spacial score (nSPS) is 23.2. The summed E-state index contributed by atoms with van der Waals surface area (Å²) < 4.78 is 0. The van der Waals surface area contributed by atoms with Crippen molar-refractivity contribution in [2.75, 3.05) is 6.54 Å². The highest BCUT2D eigenvalue weighted by Crippen LogP contribution is 2.43. The van der Waals surface area contributed by atoms with E-state index in [4.69, 9.17) is 0 Å². The van der Waals surface area contributed by atoms with Crippen LogP contribution in [0.4, 0.5) is 0 Å².